The first-order valence-corrected chi connectivity index (χ1v) is 11.7. The molecular formula is C29H32N4O. The number of hydrogen-bond donors (Lipinski definition) is 1. The highest BCUT2D eigenvalue weighted by Gasteiger charge is 2.16. The zero-order valence-electron chi connectivity index (χ0n) is 20.6. The van der Waals surface area contributed by atoms with Crippen LogP contribution < -0.4 is 5.32 Å². The Morgan fingerprint density at radius 2 is 1.62 bits per heavy atom. The summed E-state index contributed by atoms with van der Waals surface area (Å²) in [5, 5.41) is 3.26. The molecule has 2 aromatic heterocycles. The molecule has 0 radical (unpaired) electrons. The van der Waals surface area contributed by atoms with E-state index in [0.717, 1.165) is 33.6 Å². The number of benzene rings is 1. The smallest absolute Gasteiger partial charge is 0.227 e. The largest absolute Gasteiger partial charge is 0.324 e. The molecule has 1 atom stereocenters. The van der Waals surface area contributed by atoms with Crippen molar-refractivity contribution in [2.45, 2.75) is 52.9 Å². The van der Waals surface area contributed by atoms with Gasteiger partial charge in [-0.05, 0) is 47.7 Å². The number of anilines is 1. The number of ketones is 1. The second-order valence-electron chi connectivity index (χ2n) is 10.1. The summed E-state index contributed by atoms with van der Waals surface area (Å²) >= 11 is 0. The van der Waals surface area contributed by atoms with Gasteiger partial charge in [-0.25, -0.2) is 9.97 Å². The van der Waals surface area contributed by atoms with Gasteiger partial charge in [0, 0.05) is 53.8 Å². The van der Waals surface area contributed by atoms with Gasteiger partial charge in [0.05, 0.1) is 0 Å². The van der Waals surface area contributed by atoms with Crippen molar-refractivity contribution < 1.29 is 4.79 Å². The third-order valence-electron chi connectivity index (χ3n) is 6.12. The first-order valence-electron chi connectivity index (χ1n) is 11.7. The molecule has 0 spiro atoms. The van der Waals surface area contributed by atoms with Gasteiger partial charge >= 0.3 is 0 Å². The monoisotopic (exact) mass is 452 g/mol. The van der Waals surface area contributed by atoms with Gasteiger partial charge in [-0.3, -0.25) is 9.78 Å². The lowest BCUT2D eigenvalue weighted by molar-refractivity contribution is -0.117. The molecule has 0 bridgehead atoms. The minimum absolute atomic E-state index is 0.0324. The lowest BCUT2D eigenvalue weighted by Gasteiger charge is -2.18. The van der Waals surface area contributed by atoms with E-state index < -0.39 is 0 Å². The van der Waals surface area contributed by atoms with Crippen LogP contribution in [0, 0.1) is 5.92 Å². The molecule has 1 aliphatic carbocycles. The number of allylic oxidation sites excluding steroid dienone is 3. The predicted octanol–water partition coefficient (Wildman–Crippen LogP) is 6.08. The predicted molar refractivity (Wildman–Crippen MR) is 137 cm³/mol. The molecule has 0 fully saturated rings. The number of hydrogen-bond acceptors (Lipinski definition) is 5. The van der Waals surface area contributed by atoms with Crippen molar-refractivity contribution in [3.05, 3.63) is 95.2 Å². The summed E-state index contributed by atoms with van der Waals surface area (Å²) < 4.78 is 0. The number of Topliss-reactive ketones (excluding diaryl/α,β-unsaturated/α-hetero) is 1. The average molecular weight is 453 g/mol. The SMILES string of the molecule is CC1=CC(Nc2ncc(-c3ccc(CC(=O)Cc4ccnc(C(C)(C)C)c4)cc3)cn2)=CC1C. The van der Waals surface area contributed by atoms with Crippen LogP contribution in [0.5, 0.6) is 0 Å². The van der Waals surface area contributed by atoms with Crippen LogP contribution >= 0.6 is 0 Å². The van der Waals surface area contributed by atoms with Gasteiger partial charge in [0.25, 0.3) is 0 Å². The summed E-state index contributed by atoms with van der Waals surface area (Å²) in [5.41, 5.74) is 7.32. The Hall–Kier alpha value is -3.60. The zero-order chi connectivity index (χ0) is 24.3. The molecule has 2 heterocycles. The number of carbonyl (C=O) groups excluding carboxylic acids is 1. The molecule has 0 aliphatic heterocycles. The van der Waals surface area contributed by atoms with Gasteiger partial charge in [-0.2, -0.15) is 0 Å². The van der Waals surface area contributed by atoms with E-state index in [1.807, 2.05) is 48.8 Å². The molecule has 1 aliphatic rings. The molecular weight excluding hydrogens is 420 g/mol. The molecule has 0 amide bonds. The Morgan fingerprint density at radius 1 is 0.941 bits per heavy atom. The van der Waals surface area contributed by atoms with E-state index in [1.54, 1.807) is 6.20 Å². The number of pyridine rings is 1. The van der Waals surface area contributed by atoms with E-state index in [1.165, 1.54) is 5.57 Å². The van der Waals surface area contributed by atoms with Crippen LogP contribution in [0.4, 0.5) is 5.95 Å². The summed E-state index contributed by atoms with van der Waals surface area (Å²) in [6.07, 6.45) is 10.6. The molecule has 1 aromatic carbocycles. The lowest BCUT2D eigenvalue weighted by Crippen LogP contribution is -2.14. The van der Waals surface area contributed by atoms with E-state index in [4.69, 9.17) is 0 Å². The second kappa shape index (κ2) is 9.72. The van der Waals surface area contributed by atoms with Gasteiger partial charge < -0.3 is 5.32 Å². The zero-order valence-corrected chi connectivity index (χ0v) is 20.6. The average Bonchev–Trinajstić information content (AvgIpc) is 3.11. The summed E-state index contributed by atoms with van der Waals surface area (Å²) in [5.74, 6) is 1.22. The van der Waals surface area contributed by atoms with Gasteiger partial charge in [-0.1, -0.05) is 63.6 Å². The Balaban J connectivity index is 1.36. The fraction of sp³-hybridized carbons (Fsp3) is 0.310. The summed E-state index contributed by atoms with van der Waals surface area (Å²) in [6, 6.07) is 12.0. The van der Waals surface area contributed by atoms with Crippen molar-refractivity contribution >= 4 is 11.7 Å². The Kier molecular flexibility index (Phi) is 6.73. The van der Waals surface area contributed by atoms with Crippen LogP contribution in [0.15, 0.2) is 78.4 Å². The van der Waals surface area contributed by atoms with Gasteiger partial charge in [0.1, 0.15) is 5.78 Å². The third kappa shape index (κ3) is 5.84. The molecule has 4 rings (SSSR count). The van der Waals surface area contributed by atoms with Crippen LogP contribution in [0.2, 0.25) is 0 Å². The number of aromatic nitrogens is 3. The number of rotatable bonds is 7. The normalized spacial score (nSPS) is 15.6. The van der Waals surface area contributed by atoms with Crippen LogP contribution in [0.1, 0.15) is 51.4 Å². The van der Waals surface area contributed by atoms with Crippen molar-refractivity contribution in [2.75, 3.05) is 5.32 Å². The topological polar surface area (TPSA) is 67.8 Å². The first-order chi connectivity index (χ1) is 16.2. The van der Waals surface area contributed by atoms with Crippen molar-refractivity contribution in [3.8, 4) is 11.1 Å². The van der Waals surface area contributed by atoms with Crippen molar-refractivity contribution in [1.82, 2.24) is 15.0 Å². The van der Waals surface area contributed by atoms with Crippen molar-refractivity contribution in [2.24, 2.45) is 5.92 Å². The second-order valence-corrected chi connectivity index (χ2v) is 10.1. The highest BCUT2D eigenvalue weighted by molar-refractivity contribution is 5.83. The quantitative estimate of drug-likeness (QED) is 0.470. The van der Waals surface area contributed by atoms with Crippen LogP contribution in [0.25, 0.3) is 11.1 Å². The van der Waals surface area contributed by atoms with Crippen LogP contribution in [-0.4, -0.2) is 20.7 Å². The van der Waals surface area contributed by atoms with E-state index in [-0.39, 0.29) is 11.2 Å². The third-order valence-corrected chi connectivity index (χ3v) is 6.12. The summed E-state index contributed by atoms with van der Waals surface area (Å²) in [7, 11) is 0. The molecule has 3 aromatic rings. The minimum Gasteiger partial charge on any atom is -0.324 e. The number of nitrogens with one attached hydrogen (secondary N) is 1. The summed E-state index contributed by atoms with van der Waals surface area (Å²) in [4.78, 5) is 26.0. The summed E-state index contributed by atoms with van der Waals surface area (Å²) in [6.45, 7) is 10.7. The Morgan fingerprint density at radius 3 is 2.24 bits per heavy atom. The highest BCUT2D eigenvalue weighted by Crippen LogP contribution is 2.25. The standard InChI is InChI=1S/C29H32N4O/c1-19-12-25(13-20(19)2)33-28-31-17-24(18-32-28)23-8-6-21(7-9-23)14-26(34)15-22-10-11-30-27(16-22)29(3,4)5/h6-13,16-19H,14-15H2,1-5H3,(H,31,32,33). The lowest BCUT2D eigenvalue weighted by atomic mass is 9.90. The first kappa shape index (κ1) is 23.6. The molecule has 1 N–H and O–H groups in total. The van der Waals surface area contributed by atoms with E-state index >= 15 is 0 Å². The maximum atomic E-state index is 12.7. The van der Waals surface area contributed by atoms with Gasteiger partial charge in [0.15, 0.2) is 0 Å². The number of carbonyl (C=O) groups is 1. The Bertz CT molecular complexity index is 1230. The number of nitrogens with zero attached hydrogens (tertiary/aromatic N) is 3. The van der Waals surface area contributed by atoms with E-state index in [0.29, 0.717) is 24.7 Å². The molecule has 5 heteroatoms. The van der Waals surface area contributed by atoms with Crippen LogP contribution in [-0.2, 0) is 23.1 Å². The maximum absolute atomic E-state index is 12.7. The fourth-order valence-corrected chi connectivity index (χ4v) is 3.90. The van der Waals surface area contributed by atoms with Gasteiger partial charge in [0.2, 0.25) is 5.95 Å². The molecule has 174 valence electrons. The highest BCUT2D eigenvalue weighted by atomic mass is 16.1. The van der Waals surface area contributed by atoms with Gasteiger partial charge in [-0.15, -0.1) is 0 Å². The fourth-order valence-electron chi connectivity index (χ4n) is 3.90. The minimum atomic E-state index is -0.0324. The molecule has 5 nitrogen and oxygen atoms in total. The maximum Gasteiger partial charge on any atom is 0.227 e. The molecule has 0 saturated carbocycles. The van der Waals surface area contributed by atoms with Crippen molar-refractivity contribution in [1.29, 1.82) is 0 Å². The molecule has 34 heavy (non-hydrogen) atoms. The van der Waals surface area contributed by atoms with E-state index in [9.17, 15) is 4.79 Å². The van der Waals surface area contributed by atoms with Crippen molar-refractivity contribution in [3.63, 3.8) is 0 Å². The van der Waals surface area contributed by atoms with E-state index in [2.05, 4.69) is 67.0 Å². The Labute approximate surface area is 202 Å². The van der Waals surface area contributed by atoms with Crippen LogP contribution in [0.3, 0.4) is 0 Å². The molecule has 0 saturated heterocycles. The molecule has 1 unspecified atom stereocenters.